The van der Waals surface area contributed by atoms with Crippen LogP contribution in [0.4, 0.5) is 11.5 Å². The Balaban J connectivity index is 1.53. The number of aliphatic hydroxyl groups is 2. The molecule has 4 atom stereocenters. The fourth-order valence-corrected chi connectivity index (χ4v) is 3.60. The number of phosphoric acid groups is 1. The van der Waals surface area contributed by atoms with Gasteiger partial charge < -0.3 is 35.8 Å². The fraction of sp³-hybridized carbons (Fsp3) is 0.353. The zero-order chi connectivity index (χ0) is 22.2. The van der Waals surface area contributed by atoms with Crippen molar-refractivity contribution in [3.63, 3.8) is 0 Å². The highest BCUT2D eigenvalue weighted by molar-refractivity contribution is 7.46. The quantitative estimate of drug-likeness (QED) is 0.203. The van der Waals surface area contributed by atoms with E-state index in [1.54, 1.807) is 12.1 Å². The van der Waals surface area contributed by atoms with Crippen LogP contribution in [-0.2, 0) is 20.4 Å². The van der Waals surface area contributed by atoms with Crippen LogP contribution in [0.5, 0.6) is 0 Å². The number of rotatable bonds is 7. The monoisotopic (exact) mass is 452 g/mol. The molecule has 1 aliphatic heterocycles. The summed E-state index contributed by atoms with van der Waals surface area (Å²) in [7, 11) is -4.75. The molecule has 1 aliphatic rings. The SMILES string of the molecule is Nc1ccc(CNc2ncnc3c2ncn3[C@@H]2O[C@H](COP(=O)(O)O)[C@@H](O)[C@H]2O)cc1. The third kappa shape index (κ3) is 4.67. The molecule has 1 saturated heterocycles. The third-order valence-corrected chi connectivity index (χ3v) is 5.30. The summed E-state index contributed by atoms with van der Waals surface area (Å²) in [6.07, 6.45) is -2.39. The van der Waals surface area contributed by atoms with Gasteiger partial charge in [-0.3, -0.25) is 9.09 Å². The van der Waals surface area contributed by atoms with Gasteiger partial charge in [0.25, 0.3) is 0 Å². The van der Waals surface area contributed by atoms with Gasteiger partial charge in [-0.05, 0) is 17.7 Å². The lowest BCUT2D eigenvalue weighted by Gasteiger charge is -2.16. The van der Waals surface area contributed by atoms with Crippen molar-refractivity contribution in [2.75, 3.05) is 17.7 Å². The number of nitrogens with one attached hydrogen (secondary N) is 1. The van der Waals surface area contributed by atoms with E-state index >= 15 is 0 Å². The number of nitrogens with two attached hydrogens (primary N) is 1. The van der Waals surface area contributed by atoms with E-state index in [0.29, 0.717) is 29.2 Å². The lowest BCUT2D eigenvalue weighted by molar-refractivity contribution is -0.0504. The molecular weight excluding hydrogens is 431 g/mol. The number of hydrogen-bond donors (Lipinski definition) is 6. The lowest BCUT2D eigenvalue weighted by Crippen LogP contribution is -2.33. The van der Waals surface area contributed by atoms with E-state index in [0.717, 1.165) is 5.56 Å². The van der Waals surface area contributed by atoms with Crippen molar-refractivity contribution in [2.45, 2.75) is 31.1 Å². The second-order valence-electron chi connectivity index (χ2n) is 6.97. The number of anilines is 2. The van der Waals surface area contributed by atoms with Crippen LogP contribution in [0.1, 0.15) is 11.8 Å². The number of ether oxygens (including phenoxy) is 1. The van der Waals surface area contributed by atoms with Crippen LogP contribution in [0.3, 0.4) is 0 Å². The van der Waals surface area contributed by atoms with E-state index in [2.05, 4.69) is 24.8 Å². The van der Waals surface area contributed by atoms with E-state index in [9.17, 15) is 14.8 Å². The molecule has 1 fully saturated rings. The summed E-state index contributed by atoms with van der Waals surface area (Å²) in [6.45, 7) is -0.142. The zero-order valence-electron chi connectivity index (χ0n) is 16.0. The molecule has 2 aromatic heterocycles. The summed E-state index contributed by atoms with van der Waals surface area (Å²) in [6, 6.07) is 7.34. The second kappa shape index (κ2) is 8.48. The van der Waals surface area contributed by atoms with Gasteiger partial charge in [-0.15, -0.1) is 0 Å². The van der Waals surface area contributed by atoms with Crippen molar-refractivity contribution in [2.24, 2.45) is 0 Å². The number of fused-ring (bicyclic) bond motifs is 1. The van der Waals surface area contributed by atoms with Gasteiger partial charge in [0.15, 0.2) is 23.2 Å². The predicted molar refractivity (Wildman–Crippen MR) is 107 cm³/mol. The molecule has 0 unspecified atom stereocenters. The molecule has 31 heavy (non-hydrogen) atoms. The second-order valence-corrected chi connectivity index (χ2v) is 8.21. The number of nitrogens with zero attached hydrogens (tertiary/aromatic N) is 4. The smallest absolute Gasteiger partial charge is 0.399 e. The summed E-state index contributed by atoms with van der Waals surface area (Å²) in [5.74, 6) is 0.454. The average Bonchev–Trinajstić information content (AvgIpc) is 3.27. The summed E-state index contributed by atoms with van der Waals surface area (Å²) < 4.78 is 22.3. The van der Waals surface area contributed by atoms with Crippen molar-refractivity contribution in [3.05, 3.63) is 42.5 Å². The van der Waals surface area contributed by atoms with E-state index in [1.807, 2.05) is 12.1 Å². The van der Waals surface area contributed by atoms with Gasteiger partial charge in [0.05, 0.1) is 12.9 Å². The molecule has 1 aromatic carbocycles. The van der Waals surface area contributed by atoms with Crippen molar-refractivity contribution < 1.29 is 33.8 Å². The molecule has 0 aliphatic carbocycles. The number of benzene rings is 1. The summed E-state index contributed by atoms with van der Waals surface area (Å²) in [5.41, 5.74) is 8.08. The van der Waals surface area contributed by atoms with Crippen LogP contribution in [0, 0.1) is 0 Å². The van der Waals surface area contributed by atoms with Gasteiger partial charge in [-0.25, -0.2) is 19.5 Å². The maximum Gasteiger partial charge on any atom is 0.469 e. The molecule has 0 amide bonds. The lowest BCUT2D eigenvalue weighted by atomic mass is 10.1. The van der Waals surface area contributed by atoms with Gasteiger partial charge in [-0.1, -0.05) is 12.1 Å². The summed E-state index contributed by atoms with van der Waals surface area (Å²) >= 11 is 0. The first-order valence-corrected chi connectivity index (χ1v) is 10.7. The van der Waals surface area contributed by atoms with E-state index < -0.39 is 39.0 Å². The van der Waals surface area contributed by atoms with Crippen molar-refractivity contribution in [1.82, 2.24) is 19.5 Å². The number of aliphatic hydroxyl groups excluding tert-OH is 2. The van der Waals surface area contributed by atoms with Crippen LogP contribution in [0.2, 0.25) is 0 Å². The maximum atomic E-state index is 10.9. The van der Waals surface area contributed by atoms with E-state index in [-0.39, 0.29) is 0 Å². The molecule has 13 nitrogen and oxygen atoms in total. The normalized spacial score (nSPS) is 24.0. The number of phosphoric ester groups is 1. The molecule has 0 saturated carbocycles. The first-order valence-electron chi connectivity index (χ1n) is 9.20. The largest absolute Gasteiger partial charge is 0.469 e. The number of imidazole rings is 1. The maximum absolute atomic E-state index is 10.9. The standard InChI is InChI=1S/C17H21N6O7P/c18-10-3-1-9(2-4-10)5-19-15-12-16(21-7-20-15)23(8-22-12)17-14(25)13(24)11(30-17)6-29-31(26,27)28/h1-4,7-8,11,13-14,17,24-25H,5-6,18H2,(H,19,20,21)(H2,26,27,28)/t11-,13-,14-,17-/m1/s1. The van der Waals surface area contributed by atoms with Gasteiger partial charge in [-0.2, -0.15) is 0 Å². The molecule has 3 heterocycles. The zero-order valence-corrected chi connectivity index (χ0v) is 16.9. The Morgan fingerprint density at radius 2 is 1.90 bits per heavy atom. The van der Waals surface area contributed by atoms with Crippen molar-refractivity contribution in [1.29, 1.82) is 0 Å². The Morgan fingerprint density at radius 1 is 1.16 bits per heavy atom. The highest BCUT2D eigenvalue weighted by atomic mass is 31.2. The molecule has 166 valence electrons. The minimum absolute atomic E-state index is 0.336. The molecule has 7 N–H and O–H groups in total. The average molecular weight is 452 g/mol. The van der Waals surface area contributed by atoms with Crippen molar-refractivity contribution in [3.8, 4) is 0 Å². The highest BCUT2D eigenvalue weighted by Crippen LogP contribution is 2.39. The third-order valence-electron chi connectivity index (χ3n) is 4.82. The molecule has 0 radical (unpaired) electrons. The minimum atomic E-state index is -4.75. The van der Waals surface area contributed by atoms with Crippen LogP contribution < -0.4 is 11.1 Å². The van der Waals surface area contributed by atoms with Crippen LogP contribution in [-0.4, -0.2) is 64.4 Å². The van der Waals surface area contributed by atoms with Crippen LogP contribution in [0.25, 0.3) is 11.2 Å². The molecule has 0 spiro atoms. The Kier molecular flexibility index (Phi) is 5.90. The van der Waals surface area contributed by atoms with Crippen molar-refractivity contribution >= 4 is 30.5 Å². The first-order chi connectivity index (χ1) is 14.7. The minimum Gasteiger partial charge on any atom is -0.399 e. The number of hydrogen-bond acceptors (Lipinski definition) is 10. The predicted octanol–water partition coefficient (Wildman–Crippen LogP) is -0.251. The van der Waals surface area contributed by atoms with E-state index in [4.69, 9.17) is 20.3 Å². The topological polar surface area (TPSA) is 198 Å². The Bertz CT molecular complexity index is 1100. The summed E-state index contributed by atoms with van der Waals surface area (Å²) in [5, 5.41) is 23.7. The Labute approximate surface area is 175 Å². The Morgan fingerprint density at radius 3 is 2.61 bits per heavy atom. The molecular formula is C17H21N6O7P. The molecule has 0 bridgehead atoms. The van der Waals surface area contributed by atoms with Gasteiger partial charge >= 0.3 is 7.82 Å². The number of nitrogen functional groups attached to an aromatic ring is 1. The molecule has 4 rings (SSSR count). The molecule has 3 aromatic rings. The first kappa shape index (κ1) is 21.6. The van der Waals surface area contributed by atoms with Gasteiger partial charge in [0.2, 0.25) is 0 Å². The van der Waals surface area contributed by atoms with Gasteiger partial charge in [0, 0.05) is 12.2 Å². The Hall–Kier alpha value is -2.64. The fourth-order valence-electron chi connectivity index (χ4n) is 3.26. The van der Waals surface area contributed by atoms with E-state index in [1.165, 1.54) is 17.2 Å². The molecule has 14 heteroatoms. The van der Waals surface area contributed by atoms with Crippen LogP contribution in [0.15, 0.2) is 36.9 Å². The van der Waals surface area contributed by atoms with Gasteiger partial charge in [0.1, 0.15) is 24.6 Å². The van der Waals surface area contributed by atoms with Crippen LogP contribution >= 0.6 is 7.82 Å². The number of aromatic nitrogens is 4. The highest BCUT2D eigenvalue weighted by Gasteiger charge is 2.45. The summed E-state index contributed by atoms with van der Waals surface area (Å²) in [4.78, 5) is 30.4.